The summed E-state index contributed by atoms with van der Waals surface area (Å²) in [6.45, 7) is 0. The summed E-state index contributed by atoms with van der Waals surface area (Å²) >= 11 is 1.42. The van der Waals surface area contributed by atoms with Crippen LogP contribution in [-0.4, -0.2) is 18.9 Å². The minimum Gasteiger partial charge on any atom is -0.530 e. The van der Waals surface area contributed by atoms with Gasteiger partial charge in [0, 0.05) is 11.9 Å². The number of carbonyl (C=O) groups excluding carboxylic acids is 1. The van der Waals surface area contributed by atoms with Crippen molar-refractivity contribution in [3.63, 3.8) is 0 Å². The van der Waals surface area contributed by atoms with E-state index in [9.17, 15) is 9.90 Å². The minimum atomic E-state index is -1.23. The standard InChI is InChI=1S/C11H11NO2S/c1-3-8-15-10-7-5-4-6-9(10)12(2)11(13)14/h1,4-7H,8H2,2H3,(H,13,14)/p-1. The molecule has 0 atom stereocenters. The largest absolute Gasteiger partial charge is 0.530 e. The maximum absolute atomic E-state index is 10.7. The summed E-state index contributed by atoms with van der Waals surface area (Å²) in [5, 5.41) is 10.7. The van der Waals surface area contributed by atoms with Crippen molar-refractivity contribution in [3.8, 4) is 12.3 Å². The van der Waals surface area contributed by atoms with Gasteiger partial charge in [-0.05, 0) is 12.1 Å². The summed E-state index contributed by atoms with van der Waals surface area (Å²) in [5.41, 5.74) is 0.595. The summed E-state index contributed by atoms with van der Waals surface area (Å²) in [6, 6.07) is 7.16. The van der Waals surface area contributed by atoms with E-state index < -0.39 is 6.09 Å². The van der Waals surface area contributed by atoms with E-state index in [-0.39, 0.29) is 0 Å². The van der Waals surface area contributed by atoms with Gasteiger partial charge in [0.25, 0.3) is 0 Å². The molecular weight excluding hydrogens is 210 g/mol. The van der Waals surface area contributed by atoms with Gasteiger partial charge >= 0.3 is 0 Å². The first-order valence-electron chi connectivity index (χ1n) is 4.27. The maximum atomic E-state index is 10.7. The summed E-state index contributed by atoms with van der Waals surface area (Å²) in [6.07, 6.45) is 3.92. The predicted octanol–water partition coefficient (Wildman–Crippen LogP) is 1.19. The number of thioether (sulfide) groups is 1. The van der Waals surface area contributed by atoms with Gasteiger partial charge in [-0.1, -0.05) is 18.1 Å². The number of nitrogens with zero attached hydrogens (tertiary/aromatic N) is 1. The topological polar surface area (TPSA) is 43.4 Å². The molecule has 1 rings (SSSR count). The highest BCUT2D eigenvalue weighted by Gasteiger charge is 2.06. The van der Waals surface area contributed by atoms with Crippen LogP contribution in [0.4, 0.5) is 10.5 Å². The zero-order chi connectivity index (χ0) is 11.3. The first-order chi connectivity index (χ1) is 7.16. The van der Waals surface area contributed by atoms with Crippen molar-refractivity contribution in [2.75, 3.05) is 17.7 Å². The fraction of sp³-hybridized carbons (Fsp3) is 0.182. The van der Waals surface area contributed by atoms with Crippen molar-refractivity contribution >= 4 is 23.5 Å². The second-order valence-corrected chi connectivity index (χ2v) is 3.80. The summed E-state index contributed by atoms with van der Waals surface area (Å²) in [4.78, 5) is 12.6. The molecule has 0 aliphatic heterocycles. The van der Waals surface area contributed by atoms with Gasteiger partial charge in [0.2, 0.25) is 0 Å². The quantitative estimate of drug-likeness (QED) is 0.567. The highest BCUT2D eigenvalue weighted by molar-refractivity contribution is 7.99. The SMILES string of the molecule is C#CCSc1ccccc1N(C)C(=O)[O-]. The number of amides is 1. The van der Waals surface area contributed by atoms with Crippen molar-refractivity contribution in [1.82, 2.24) is 0 Å². The maximum Gasteiger partial charge on any atom is 0.141 e. The Balaban J connectivity index is 2.96. The van der Waals surface area contributed by atoms with Gasteiger partial charge in [0.05, 0.1) is 11.4 Å². The third-order valence-corrected chi connectivity index (χ3v) is 2.78. The van der Waals surface area contributed by atoms with Crippen molar-refractivity contribution in [1.29, 1.82) is 0 Å². The minimum absolute atomic E-state index is 0.512. The lowest BCUT2D eigenvalue weighted by Crippen LogP contribution is -2.38. The Kier molecular flexibility index (Phi) is 4.07. The molecule has 1 aromatic rings. The number of terminal acetylenes is 1. The number of hydrogen-bond donors (Lipinski definition) is 0. The van der Waals surface area contributed by atoms with E-state index in [2.05, 4.69) is 5.92 Å². The highest BCUT2D eigenvalue weighted by Crippen LogP contribution is 2.28. The Labute approximate surface area is 93.1 Å². The molecule has 0 spiro atoms. The van der Waals surface area contributed by atoms with Crippen molar-refractivity contribution in [2.24, 2.45) is 0 Å². The molecule has 3 nitrogen and oxygen atoms in total. The van der Waals surface area contributed by atoms with Crippen LogP contribution in [0.2, 0.25) is 0 Å². The van der Waals surface area contributed by atoms with E-state index in [0.717, 1.165) is 9.80 Å². The fourth-order valence-electron chi connectivity index (χ4n) is 1.07. The first-order valence-corrected chi connectivity index (χ1v) is 5.25. The average Bonchev–Trinajstić information content (AvgIpc) is 2.25. The van der Waals surface area contributed by atoms with E-state index in [1.54, 1.807) is 12.1 Å². The Morgan fingerprint density at radius 1 is 1.60 bits per heavy atom. The lowest BCUT2D eigenvalue weighted by atomic mass is 10.3. The van der Waals surface area contributed by atoms with Crippen molar-refractivity contribution < 1.29 is 9.90 Å². The molecule has 78 valence electrons. The molecule has 15 heavy (non-hydrogen) atoms. The predicted molar refractivity (Wildman–Crippen MR) is 59.8 cm³/mol. The number of benzene rings is 1. The lowest BCUT2D eigenvalue weighted by Gasteiger charge is -2.22. The number of hydrogen-bond acceptors (Lipinski definition) is 3. The van der Waals surface area contributed by atoms with E-state index in [1.807, 2.05) is 12.1 Å². The number of rotatable bonds is 3. The molecule has 1 aromatic carbocycles. The summed E-state index contributed by atoms with van der Waals surface area (Å²) < 4.78 is 0. The Hall–Kier alpha value is -1.60. The molecule has 0 aromatic heterocycles. The third kappa shape index (κ3) is 2.93. The van der Waals surface area contributed by atoms with Gasteiger partial charge in [0.15, 0.2) is 0 Å². The van der Waals surface area contributed by atoms with Crippen molar-refractivity contribution in [2.45, 2.75) is 4.90 Å². The number of carboxylic acid groups (broad SMARTS) is 1. The van der Waals surface area contributed by atoms with E-state index in [0.29, 0.717) is 11.4 Å². The van der Waals surface area contributed by atoms with Crippen molar-refractivity contribution in [3.05, 3.63) is 24.3 Å². The molecule has 0 saturated carbocycles. The van der Waals surface area contributed by atoms with Crippen LogP contribution in [0.3, 0.4) is 0 Å². The van der Waals surface area contributed by atoms with E-state index in [4.69, 9.17) is 6.42 Å². The molecule has 0 bridgehead atoms. The second-order valence-electron chi connectivity index (χ2n) is 2.79. The van der Waals surface area contributed by atoms with Gasteiger partial charge in [-0.15, -0.1) is 18.2 Å². The van der Waals surface area contributed by atoms with E-state index >= 15 is 0 Å². The van der Waals surface area contributed by atoms with Crippen LogP contribution < -0.4 is 10.0 Å². The number of para-hydroxylation sites is 1. The molecule has 0 aliphatic rings. The molecule has 0 fully saturated rings. The molecule has 0 aliphatic carbocycles. The highest BCUT2D eigenvalue weighted by atomic mass is 32.2. The molecule has 0 radical (unpaired) electrons. The Morgan fingerprint density at radius 2 is 2.27 bits per heavy atom. The first kappa shape index (κ1) is 11.5. The smallest absolute Gasteiger partial charge is 0.141 e. The number of anilines is 1. The van der Waals surface area contributed by atoms with Gasteiger partial charge in [-0.3, -0.25) is 0 Å². The summed E-state index contributed by atoms with van der Waals surface area (Å²) in [5.74, 6) is 3.00. The Morgan fingerprint density at radius 3 is 2.87 bits per heavy atom. The van der Waals surface area contributed by atoms with Crippen LogP contribution in [-0.2, 0) is 0 Å². The molecule has 0 unspecified atom stereocenters. The zero-order valence-electron chi connectivity index (χ0n) is 8.27. The fourth-order valence-corrected chi connectivity index (χ4v) is 1.84. The molecule has 0 saturated heterocycles. The van der Waals surface area contributed by atoms with Crippen LogP contribution in [0.5, 0.6) is 0 Å². The monoisotopic (exact) mass is 220 g/mol. The van der Waals surface area contributed by atoms with Gasteiger partial charge < -0.3 is 14.8 Å². The molecule has 0 heterocycles. The molecule has 4 heteroatoms. The Bertz CT molecular complexity index is 398. The average molecular weight is 220 g/mol. The van der Waals surface area contributed by atoms with Crippen LogP contribution >= 0.6 is 11.8 Å². The van der Waals surface area contributed by atoms with Gasteiger partial charge in [-0.25, -0.2) is 0 Å². The normalized spacial score (nSPS) is 9.33. The van der Waals surface area contributed by atoms with Crippen LogP contribution in [0.15, 0.2) is 29.2 Å². The van der Waals surface area contributed by atoms with E-state index in [1.165, 1.54) is 18.8 Å². The van der Waals surface area contributed by atoms with Gasteiger partial charge in [0.1, 0.15) is 6.09 Å². The molecule has 1 amide bonds. The van der Waals surface area contributed by atoms with Crippen LogP contribution in [0, 0.1) is 12.3 Å². The molecule has 0 N–H and O–H groups in total. The molecular formula is C11H10NO2S-. The van der Waals surface area contributed by atoms with Crippen LogP contribution in [0.25, 0.3) is 0 Å². The lowest BCUT2D eigenvalue weighted by molar-refractivity contribution is -0.246. The van der Waals surface area contributed by atoms with Gasteiger partial charge in [-0.2, -0.15) is 0 Å². The van der Waals surface area contributed by atoms with Crippen LogP contribution in [0.1, 0.15) is 0 Å². The third-order valence-electron chi connectivity index (χ3n) is 1.81. The number of carbonyl (C=O) groups is 1. The second kappa shape index (κ2) is 5.32. The summed E-state index contributed by atoms with van der Waals surface area (Å²) in [7, 11) is 1.45. The zero-order valence-corrected chi connectivity index (χ0v) is 9.08.